The number of hydrogen-bond donors (Lipinski definition) is 2. The highest BCUT2D eigenvalue weighted by Crippen LogP contribution is 2.56. The molecule has 31 nitrogen and oxygen atoms in total. The SMILES string of the molecule is CCC(=O)O[C@H](CC)CC(=O)NC1[C@H](O[Si](C)(C)C(C)(C)C(C)C)OC(CO[C@@H]2OC(CO[C@]3(C(=O)OCc4ccccc4)C[C@H]4OC(C)(C)O[C@H]4C([C@@H](COCc4ccccc4)OCc4ccccc4)O3)[C@@H](OP3(=O)OCc4ccccc4CO3)[C@H](OC(=O)C[C@@H](CC)OCc3ccccc3)C2NC(=O)C[C@@H](CC)OC(=O)CC)[C@@H](OCc2ccccc2)[C@@H]1OC(=O)C[C@@H](CC)OCc1ccccc1. The van der Waals surface area contributed by atoms with Gasteiger partial charge >= 0.3 is 37.7 Å². The third kappa shape index (κ3) is 31.3. The molecule has 7 aromatic rings. The van der Waals surface area contributed by atoms with Gasteiger partial charge in [-0.25, -0.2) is 9.36 Å². The van der Waals surface area contributed by atoms with E-state index in [0.717, 1.165) is 22.3 Å². The summed E-state index contributed by atoms with van der Waals surface area (Å²) in [5, 5.41) is 5.64. The predicted octanol–water partition coefficient (Wildman–Crippen LogP) is 17.3. The van der Waals surface area contributed by atoms with Gasteiger partial charge in [-0.1, -0.05) is 275 Å². The normalized spacial score (nSPS) is 24.4. The van der Waals surface area contributed by atoms with Gasteiger partial charge in [0.25, 0.3) is 5.79 Å². The third-order valence-corrected chi connectivity index (χ3v) is 32.3. The highest BCUT2D eigenvalue weighted by atomic mass is 31.2. The lowest BCUT2D eigenvalue weighted by Crippen LogP contribution is -2.69. The van der Waals surface area contributed by atoms with Crippen molar-refractivity contribution in [1.82, 2.24) is 10.6 Å². The van der Waals surface area contributed by atoms with Gasteiger partial charge in [-0.05, 0) is 108 Å². The van der Waals surface area contributed by atoms with Gasteiger partial charge in [0.05, 0.1) is 110 Å². The average molecular weight is 1980 g/mol. The van der Waals surface area contributed by atoms with Crippen LogP contribution in [0.3, 0.4) is 0 Å². The van der Waals surface area contributed by atoms with Crippen molar-refractivity contribution < 1.29 is 137 Å². The van der Waals surface area contributed by atoms with Gasteiger partial charge in [-0.15, -0.1) is 0 Å². The maximum absolute atomic E-state index is 16.4. The first-order valence-corrected chi connectivity index (χ1v) is 53.4. The number of esters is 5. The highest BCUT2D eigenvalue weighted by molar-refractivity contribution is 7.48. The predicted molar refractivity (Wildman–Crippen MR) is 517 cm³/mol. The molecule has 5 unspecified atom stereocenters. The smallest absolute Gasteiger partial charge is 0.462 e. The zero-order chi connectivity index (χ0) is 100.0. The molecule has 4 fully saturated rings. The van der Waals surface area contributed by atoms with Crippen LogP contribution >= 0.6 is 7.82 Å². The van der Waals surface area contributed by atoms with Gasteiger partial charge in [0.15, 0.2) is 38.9 Å². The number of carbonyl (C=O) groups is 7. The average Bonchev–Trinajstić information content (AvgIpc) is 1.55. The molecule has 7 aromatic carbocycles. The Hall–Kier alpha value is -9.36. The number of rotatable bonds is 52. The lowest BCUT2D eigenvalue weighted by molar-refractivity contribution is -0.337. The fourth-order valence-electron chi connectivity index (χ4n) is 17.1. The monoisotopic (exact) mass is 1980 g/mol. The molecule has 140 heavy (non-hydrogen) atoms. The Morgan fingerprint density at radius 2 is 0.893 bits per heavy atom. The van der Waals surface area contributed by atoms with Crippen LogP contribution in [-0.2, 0) is 190 Å². The van der Waals surface area contributed by atoms with Crippen molar-refractivity contribution in [2.45, 2.75) is 346 Å². The van der Waals surface area contributed by atoms with Gasteiger partial charge in [-0.3, -0.25) is 42.3 Å². The van der Waals surface area contributed by atoms with Crippen molar-refractivity contribution in [2.75, 3.05) is 19.8 Å². The summed E-state index contributed by atoms with van der Waals surface area (Å²) in [5.74, 6) is -9.38. The number of phosphoric acid groups is 1. The van der Waals surface area contributed by atoms with E-state index in [2.05, 4.69) is 38.3 Å². The zero-order valence-electron chi connectivity index (χ0n) is 82.9. The molecule has 0 saturated carbocycles. The molecule has 0 bridgehead atoms. The molecule has 19 atom stereocenters. The van der Waals surface area contributed by atoms with Crippen LogP contribution in [0.15, 0.2) is 206 Å². The van der Waals surface area contributed by atoms with E-state index in [-0.39, 0.29) is 110 Å². The molecule has 2 amide bonds. The van der Waals surface area contributed by atoms with Gasteiger partial charge < -0.3 is 95.6 Å². The summed E-state index contributed by atoms with van der Waals surface area (Å²) >= 11 is 0. The van der Waals surface area contributed by atoms with E-state index < -0.39 is 217 Å². The third-order valence-electron chi connectivity index (χ3n) is 26.4. The number of carbonyl (C=O) groups excluding carboxylic acids is 7. The molecule has 0 aliphatic carbocycles. The van der Waals surface area contributed by atoms with Crippen LogP contribution in [-0.4, -0.2) is 191 Å². The minimum atomic E-state index is -5.09. The summed E-state index contributed by atoms with van der Waals surface area (Å²) < 4.78 is 160. The first-order chi connectivity index (χ1) is 67.3. The summed E-state index contributed by atoms with van der Waals surface area (Å²) in [6.45, 7) is 23.7. The van der Waals surface area contributed by atoms with Crippen molar-refractivity contribution in [3.63, 3.8) is 0 Å². The molecular weight excluding hydrogens is 1840 g/mol. The summed E-state index contributed by atoms with van der Waals surface area (Å²) in [4.78, 5) is 105. The number of ether oxygens (including phenoxy) is 17. The van der Waals surface area contributed by atoms with Crippen molar-refractivity contribution in [3.05, 3.63) is 251 Å². The first-order valence-electron chi connectivity index (χ1n) is 49.0. The molecule has 2 N–H and O–H groups in total. The summed E-state index contributed by atoms with van der Waals surface area (Å²) in [7, 11) is -8.35. The molecule has 12 rings (SSSR count). The number of amides is 2. The molecule has 5 aliphatic rings. The minimum absolute atomic E-state index is 0.0138. The van der Waals surface area contributed by atoms with Crippen molar-refractivity contribution in [2.24, 2.45) is 5.92 Å². The van der Waals surface area contributed by atoms with Gasteiger partial charge in [0, 0.05) is 19.3 Å². The van der Waals surface area contributed by atoms with Crippen molar-refractivity contribution in [3.8, 4) is 0 Å². The second-order valence-electron chi connectivity index (χ2n) is 37.7. The lowest BCUT2D eigenvalue weighted by Gasteiger charge is -2.51. The van der Waals surface area contributed by atoms with E-state index in [1.807, 2.05) is 185 Å². The van der Waals surface area contributed by atoms with E-state index in [0.29, 0.717) is 28.7 Å². The standard InChI is InChI=1S/C107H141N2O29PSi/c1-15-80(119-61-73-43-29-22-30-44-73)57-92(114)132-100-95(109-89(111)56-83(18-4)129-91(113)20-6)103(138-140(13,14)105(9,10)71(7)8)131-86(96(100)122-64-76-49-35-25-36-50-76)69-123-102-94(108-88(110)55-82(17-3)128-90(112)19-5)101(133-93(115)58-81(16-2)120-62-74-45-31-23-32-46-74)99(137-139(117)126-66-78-53-39-40-54-79(78)67-127-139)87(130-102)70-125-107(104(116)124-65-77-51-37-26-38-52-77)59-84-97(135-106(11,12)134-84)98(136-107)85(121-63-75-47-33-24-34-48-75)68-118-60-72-41-27-21-28-42-72/h21-54,71,80-87,94-103H,15-20,55-70H2,1-14H3,(H,108,110)(H,109,111)/t80-,81-,82-,83-,84-,85-,86?,87?,94?,95?,96-,97-,98?,99-,100-,101-,102-,103+,107-/m1/s1. The highest BCUT2D eigenvalue weighted by Gasteiger charge is 2.64. The Morgan fingerprint density at radius 1 is 0.471 bits per heavy atom. The van der Waals surface area contributed by atoms with E-state index in [1.54, 1.807) is 90.1 Å². The van der Waals surface area contributed by atoms with Crippen LogP contribution < -0.4 is 10.6 Å². The Labute approximate surface area is 823 Å². The Bertz CT molecular complexity index is 5040. The molecule has 0 aromatic heterocycles. The van der Waals surface area contributed by atoms with Crippen molar-refractivity contribution in [1.29, 1.82) is 0 Å². The van der Waals surface area contributed by atoms with Crippen LogP contribution in [0.5, 0.6) is 0 Å². The number of nitrogens with one attached hydrogen (secondary N) is 2. The zero-order valence-corrected chi connectivity index (χ0v) is 84.8. The molecule has 33 heteroatoms. The minimum Gasteiger partial charge on any atom is -0.462 e. The second-order valence-corrected chi connectivity index (χ2v) is 43.9. The van der Waals surface area contributed by atoms with Crippen LogP contribution in [0.4, 0.5) is 0 Å². The van der Waals surface area contributed by atoms with Crippen LogP contribution in [0, 0.1) is 5.92 Å². The van der Waals surface area contributed by atoms with E-state index in [4.69, 9.17) is 98.5 Å². The molecule has 5 aliphatic heterocycles. The van der Waals surface area contributed by atoms with Gasteiger partial charge in [0.2, 0.25) is 11.8 Å². The van der Waals surface area contributed by atoms with Gasteiger partial charge in [0.1, 0.15) is 73.6 Å². The molecule has 5 heterocycles. The summed E-state index contributed by atoms with van der Waals surface area (Å²) in [5.41, 5.74) is 5.68. The Kier molecular flexibility index (Phi) is 41.2. The molecule has 0 radical (unpaired) electrons. The van der Waals surface area contributed by atoms with Crippen molar-refractivity contribution >= 4 is 57.8 Å². The maximum atomic E-state index is 16.4. The molecule has 0 spiro atoms. The fraction of sp³-hybridized carbons (Fsp3) is 0.542. The van der Waals surface area contributed by atoms with E-state index >= 15 is 28.5 Å². The lowest BCUT2D eigenvalue weighted by atomic mass is 9.92. The first kappa shape index (κ1) is 109. The number of benzene rings is 7. The quantitative estimate of drug-likeness (QED) is 0.0155. The Balaban J connectivity index is 1.04. The summed E-state index contributed by atoms with van der Waals surface area (Å²) in [6.07, 6.45) is -23.1. The maximum Gasteiger partial charge on any atom is 0.475 e. The number of hydrogen-bond acceptors (Lipinski definition) is 29. The van der Waals surface area contributed by atoms with E-state index in [9.17, 15) is 9.59 Å². The largest absolute Gasteiger partial charge is 0.475 e. The summed E-state index contributed by atoms with van der Waals surface area (Å²) in [6, 6.07) is 59.6. The number of phosphoric ester groups is 1. The van der Waals surface area contributed by atoms with Crippen LogP contribution in [0.25, 0.3) is 0 Å². The van der Waals surface area contributed by atoms with Crippen LogP contribution in [0.2, 0.25) is 18.1 Å². The second kappa shape index (κ2) is 52.8. The fourth-order valence-corrected chi connectivity index (χ4v) is 20.9. The Morgan fingerprint density at radius 3 is 1.36 bits per heavy atom. The molecular formula is C107H141N2O29PSi. The molecule has 4 saturated heterocycles. The van der Waals surface area contributed by atoms with Crippen LogP contribution in [0.1, 0.15) is 198 Å². The number of fused-ring (bicyclic) bond motifs is 2. The van der Waals surface area contributed by atoms with Gasteiger partial charge in [-0.2, -0.15) is 0 Å². The topological polar surface area (TPSA) is 354 Å². The molecule has 762 valence electrons. The van der Waals surface area contributed by atoms with E-state index in [1.165, 1.54) is 0 Å².